The predicted octanol–water partition coefficient (Wildman–Crippen LogP) is -0.00150. The van der Waals surface area contributed by atoms with Crippen LogP contribution < -0.4 is 14.6 Å². The van der Waals surface area contributed by atoms with Crippen LogP contribution in [0.25, 0.3) is 0 Å². The third kappa shape index (κ3) is 3.28. The fourth-order valence-electron chi connectivity index (χ4n) is 2.78. The number of sulfonamides is 1. The zero-order chi connectivity index (χ0) is 16.4. The Kier molecular flexibility index (Phi) is 4.45. The molecule has 1 fully saturated rings. The Balaban J connectivity index is 1.80. The lowest BCUT2D eigenvalue weighted by molar-refractivity contribution is -0.312. The number of rotatable bonds is 3. The minimum absolute atomic E-state index is 0.133. The molecule has 23 heavy (non-hydrogen) atoms. The van der Waals surface area contributed by atoms with Crippen LogP contribution in [0.4, 0.5) is 0 Å². The average Bonchev–Trinajstić information content (AvgIpc) is 2.79. The standard InChI is InChI=1S/C15H19NO6S/c17-15(18)11-4-6-16(7-5-11)23(19,20)12-2-3-13-14(10-12)22-9-1-8-21-13/h2-3,10-11H,1,4-9H2,(H,17,18)/p-1. The highest BCUT2D eigenvalue weighted by molar-refractivity contribution is 7.89. The average molecular weight is 340 g/mol. The fraction of sp³-hybridized carbons (Fsp3) is 0.533. The van der Waals surface area contributed by atoms with Crippen molar-refractivity contribution >= 4 is 16.0 Å². The summed E-state index contributed by atoms with van der Waals surface area (Å²) in [6, 6.07) is 4.57. The van der Waals surface area contributed by atoms with Crippen LogP contribution in [0.3, 0.4) is 0 Å². The number of piperidine rings is 1. The highest BCUT2D eigenvalue weighted by Gasteiger charge is 2.30. The van der Waals surface area contributed by atoms with Gasteiger partial charge < -0.3 is 19.4 Å². The summed E-state index contributed by atoms with van der Waals surface area (Å²) in [5, 5.41) is 10.9. The number of ether oxygens (including phenoxy) is 2. The number of hydrogen-bond donors (Lipinski definition) is 0. The number of carbonyl (C=O) groups is 1. The van der Waals surface area contributed by atoms with Gasteiger partial charge in [-0.05, 0) is 25.0 Å². The Morgan fingerprint density at radius 3 is 2.43 bits per heavy atom. The summed E-state index contributed by atoms with van der Waals surface area (Å²) >= 11 is 0. The summed E-state index contributed by atoms with van der Waals surface area (Å²) in [4.78, 5) is 11.0. The van der Waals surface area contributed by atoms with E-state index in [0.29, 0.717) is 24.7 Å². The first-order valence-electron chi connectivity index (χ1n) is 7.59. The second-order valence-corrected chi connectivity index (χ2v) is 7.59. The van der Waals surface area contributed by atoms with Crippen LogP contribution >= 0.6 is 0 Å². The number of hydrogen-bond acceptors (Lipinski definition) is 6. The number of aliphatic carboxylic acids is 1. The summed E-state index contributed by atoms with van der Waals surface area (Å²) in [6.07, 6.45) is 1.28. The van der Waals surface area contributed by atoms with Gasteiger partial charge >= 0.3 is 0 Å². The molecule has 0 atom stereocenters. The zero-order valence-electron chi connectivity index (χ0n) is 12.6. The molecule has 0 aliphatic carbocycles. The number of carbonyl (C=O) groups excluding carboxylic acids is 1. The van der Waals surface area contributed by atoms with E-state index in [2.05, 4.69) is 0 Å². The van der Waals surface area contributed by atoms with Gasteiger partial charge in [-0.25, -0.2) is 8.42 Å². The first kappa shape index (κ1) is 16.1. The highest BCUT2D eigenvalue weighted by atomic mass is 32.2. The van der Waals surface area contributed by atoms with E-state index >= 15 is 0 Å². The van der Waals surface area contributed by atoms with E-state index in [1.54, 1.807) is 6.07 Å². The first-order chi connectivity index (χ1) is 11.0. The molecule has 0 bridgehead atoms. The Hall–Kier alpha value is -1.80. The molecule has 1 aromatic carbocycles. The van der Waals surface area contributed by atoms with E-state index in [1.165, 1.54) is 16.4 Å². The number of benzene rings is 1. The molecule has 0 radical (unpaired) electrons. The van der Waals surface area contributed by atoms with Crippen molar-refractivity contribution < 1.29 is 27.8 Å². The van der Waals surface area contributed by atoms with Gasteiger partial charge in [-0.1, -0.05) is 0 Å². The smallest absolute Gasteiger partial charge is 0.243 e. The number of nitrogens with zero attached hydrogens (tertiary/aromatic N) is 1. The molecule has 0 aromatic heterocycles. The van der Waals surface area contributed by atoms with Crippen LogP contribution in [0.15, 0.2) is 23.1 Å². The maximum atomic E-state index is 12.7. The minimum Gasteiger partial charge on any atom is -0.550 e. The molecule has 0 spiro atoms. The van der Waals surface area contributed by atoms with Gasteiger partial charge in [0, 0.05) is 37.5 Å². The number of carboxylic acid groups (broad SMARTS) is 1. The molecule has 2 heterocycles. The topological polar surface area (TPSA) is 96.0 Å². The van der Waals surface area contributed by atoms with Crippen molar-refractivity contribution in [2.75, 3.05) is 26.3 Å². The molecule has 126 valence electrons. The molecule has 8 heteroatoms. The maximum absolute atomic E-state index is 12.7. The van der Waals surface area contributed by atoms with Crippen LogP contribution in [0.2, 0.25) is 0 Å². The largest absolute Gasteiger partial charge is 0.550 e. The molecule has 7 nitrogen and oxygen atoms in total. The van der Waals surface area contributed by atoms with E-state index in [1.807, 2.05) is 0 Å². The second-order valence-electron chi connectivity index (χ2n) is 5.66. The van der Waals surface area contributed by atoms with Gasteiger partial charge in [-0.3, -0.25) is 0 Å². The molecular weight excluding hydrogens is 322 g/mol. The lowest BCUT2D eigenvalue weighted by Crippen LogP contribution is -2.43. The van der Waals surface area contributed by atoms with Crippen LogP contribution in [0.1, 0.15) is 19.3 Å². The van der Waals surface area contributed by atoms with Crippen LogP contribution in [-0.4, -0.2) is 45.0 Å². The zero-order valence-corrected chi connectivity index (χ0v) is 13.4. The molecule has 2 aliphatic heterocycles. The van der Waals surface area contributed by atoms with Gasteiger partial charge in [-0.2, -0.15) is 4.31 Å². The number of fused-ring (bicyclic) bond motifs is 1. The maximum Gasteiger partial charge on any atom is 0.243 e. The lowest BCUT2D eigenvalue weighted by atomic mass is 9.99. The van der Waals surface area contributed by atoms with Gasteiger partial charge in [0.2, 0.25) is 10.0 Å². The Morgan fingerprint density at radius 2 is 1.78 bits per heavy atom. The van der Waals surface area contributed by atoms with Gasteiger partial charge in [0.15, 0.2) is 11.5 Å². The van der Waals surface area contributed by atoms with E-state index in [9.17, 15) is 18.3 Å². The SMILES string of the molecule is O=C([O-])C1CCN(S(=O)(=O)c2ccc3c(c2)OCCCO3)CC1. The quantitative estimate of drug-likeness (QED) is 0.768. The molecule has 0 saturated carbocycles. The third-order valence-corrected chi connectivity index (χ3v) is 6.04. The molecule has 0 unspecified atom stereocenters. The molecule has 0 N–H and O–H groups in total. The van der Waals surface area contributed by atoms with E-state index in [0.717, 1.165) is 6.42 Å². The number of carboxylic acids is 1. The monoisotopic (exact) mass is 340 g/mol. The molecular formula is C15H18NO6S-. The van der Waals surface area contributed by atoms with Crippen molar-refractivity contribution in [3.63, 3.8) is 0 Å². The molecule has 1 aromatic rings. The van der Waals surface area contributed by atoms with Crippen molar-refractivity contribution in [3.8, 4) is 11.5 Å². The lowest BCUT2D eigenvalue weighted by Gasteiger charge is -2.31. The third-order valence-electron chi connectivity index (χ3n) is 4.14. The van der Waals surface area contributed by atoms with Crippen LogP contribution in [0.5, 0.6) is 11.5 Å². The van der Waals surface area contributed by atoms with Crippen LogP contribution in [-0.2, 0) is 14.8 Å². The summed E-state index contributed by atoms with van der Waals surface area (Å²) < 4.78 is 37.7. The first-order valence-corrected chi connectivity index (χ1v) is 9.03. The minimum atomic E-state index is -3.67. The normalized spacial score (nSPS) is 20.0. The predicted molar refractivity (Wildman–Crippen MR) is 78.5 cm³/mol. The second kappa shape index (κ2) is 6.37. The van der Waals surface area contributed by atoms with Gasteiger partial charge in [0.05, 0.1) is 18.1 Å². The molecule has 3 rings (SSSR count). The molecule has 2 aliphatic rings. The fourth-order valence-corrected chi connectivity index (χ4v) is 4.27. The summed E-state index contributed by atoms with van der Waals surface area (Å²) in [7, 11) is -3.67. The van der Waals surface area contributed by atoms with Crippen molar-refractivity contribution in [2.45, 2.75) is 24.2 Å². The van der Waals surface area contributed by atoms with Crippen molar-refractivity contribution in [1.29, 1.82) is 0 Å². The van der Waals surface area contributed by atoms with Gasteiger partial charge in [0.25, 0.3) is 0 Å². The van der Waals surface area contributed by atoms with Crippen molar-refractivity contribution in [2.24, 2.45) is 5.92 Å². The van der Waals surface area contributed by atoms with E-state index in [4.69, 9.17) is 9.47 Å². The van der Waals surface area contributed by atoms with Gasteiger partial charge in [-0.15, -0.1) is 0 Å². The van der Waals surface area contributed by atoms with Gasteiger partial charge in [0.1, 0.15) is 0 Å². The van der Waals surface area contributed by atoms with E-state index < -0.39 is 21.9 Å². The molecule has 0 amide bonds. The van der Waals surface area contributed by atoms with Crippen molar-refractivity contribution in [3.05, 3.63) is 18.2 Å². The summed E-state index contributed by atoms with van der Waals surface area (Å²) in [6.45, 7) is 1.37. The Bertz CT molecular complexity index is 694. The van der Waals surface area contributed by atoms with E-state index in [-0.39, 0.29) is 30.8 Å². The Morgan fingerprint density at radius 1 is 1.13 bits per heavy atom. The van der Waals surface area contributed by atoms with Crippen molar-refractivity contribution in [1.82, 2.24) is 4.31 Å². The Labute approximate surface area is 134 Å². The highest BCUT2D eigenvalue weighted by Crippen LogP contribution is 2.33. The van der Waals surface area contributed by atoms with Crippen LogP contribution in [0, 0.1) is 5.92 Å². The summed E-state index contributed by atoms with van der Waals surface area (Å²) in [5.74, 6) is -0.729. The summed E-state index contributed by atoms with van der Waals surface area (Å²) in [5.41, 5.74) is 0. The molecule has 1 saturated heterocycles.